The van der Waals surface area contributed by atoms with Gasteiger partial charge in [0.2, 0.25) is 0 Å². The molecule has 0 radical (unpaired) electrons. The highest BCUT2D eigenvalue weighted by Crippen LogP contribution is 2.57. The normalized spacial score (nSPS) is 30.7. The van der Waals surface area contributed by atoms with Crippen molar-refractivity contribution in [3.63, 3.8) is 0 Å². The quantitative estimate of drug-likeness (QED) is 0.668. The van der Waals surface area contributed by atoms with Crippen LogP contribution in [0.15, 0.2) is 29.2 Å². The van der Waals surface area contributed by atoms with Gasteiger partial charge in [0.1, 0.15) is 6.54 Å². The zero-order valence-electron chi connectivity index (χ0n) is 17.8. The summed E-state index contributed by atoms with van der Waals surface area (Å²) < 4.78 is 0. The molecule has 0 aromatic heterocycles. The van der Waals surface area contributed by atoms with Crippen LogP contribution < -0.4 is 4.90 Å². The number of benzene rings is 1. The number of likely N-dealkylation sites (N-methyl/N-ethyl adjacent to an activating group) is 1. The molecule has 5 heteroatoms. The number of quaternary nitrogens is 1. The molecule has 1 N–H and O–H groups in total. The summed E-state index contributed by atoms with van der Waals surface area (Å²) in [7, 11) is 2.11. The van der Waals surface area contributed by atoms with Gasteiger partial charge in [0.15, 0.2) is 6.54 Å². The number of carbonyl (C=O) groups is 1. The van der Waals surface area contributed by atoms with Crippen molar-refractivity contribution in [3.8, 4) is 6.07 Å². The molecule has 4 fully saturated rings. The van der Waals surface area contributed by atoms with E-state index in [1.54, 1.807) is 11.8 Å². The largest absolute Gasteiger partial charge is 0.331 e. The first-order valence-corrected chi connectivity index (χ1v) is 12.4. The highest BCUT2D eigenvalue weighted by molar-refractivity contribution is 7.98. The minimum Gasteiger partial charge on any atom is -0.331 e. The van der Waals surface area contributed by atoms with E-state index in [-0.39, 0.29) is 11.4 Å². The molecule has 1 unspecified atom stereocenters. The van der Waals surface area contributed by atoms with Gasteiger partial charge in [-0.3, -0.25) is 4.79 Å². The van der Waals surface area contributed by atoms with E-state index in [0.717, 1.165) is 24.3 Å². The molecule has 4 aliphatic carbocycles. The monoisotopic (exact) mass is 412 g/mol. The van der Waals surface area contributed by atoms with Gasteiger partial charge in [0.25, 0.3) is 5.91 Å². The van der Waals surface area contributed by atoms with Gasteiger partial charge in [-0.25, -0.2) is 0 Å². The summed E-state index contributed by atoms with van der Waals surface area (Å²) in [5, 5.41) is 9.20. The van der Waals surface area contributed by atoms with Crippen LogP contribution in [-0.4, -0.2) is 42.7 Å². The van der Waals surface area contributed by atoms with Crippen molar-refractivity contribution in [1.29, 1.82) is 5.26 Å². The van der Waals surface area contributed by atoms with Crippen molar-refractivity contribution in [1.82, 2.24) is 4.90 Å². The Bertz CT molecular complexity index is 734. The van der Waals surface area contributed by atoms with Crippen LogP contribution in [0.5, 0.6) is 0 Å². The molecule has 29 heavy (non-hydrogen) atoms. The predicted molar refractivity (Wildman–Crippen MR) is 117 cm³/mol. The highest BCUT2D eigenvalue weighted by atomic mass is 32.2. The number of thioether (sulfide) groups is 1. The summed E-state index contributed by atoms with van der Waals surface area (Å²) in [4.78, 5) is 18.1. The number of nitrogens with zero attached hydrogens (tertiary/aromatic N) is 2. The third-order valence-electron chi connectivity index (χ3n) is 7.44. The molecular weight excluding hydrogens is 378 g/mol. The van der Waals surface area contributed by atoms with Crippen LogP contribution in [0.1, 0.15) is 50.5 Å². The van der Waals surface area contributed by atoms with Gasteiger partial charge in [-0.1, -0.05) is 12.1 Å². The maximum Gasteiger partial charge on any atom is 0.278 e. The highest BCUT2D eigenvalue weighted by Gasteiger charge is 2.54. The lowest BCUT2D eigenvalue weighted by Gasteiger charge is -2.60. The van der Waals surface area contributed by atoms with Gasteiger partial charge >= 0.3 is 0 Å². The zero-order valence-corrected chi connectivity index (χ0v) is 18.6. The second-order valence-electron chi connectivity index (χ2n) is 9.75. The first kappa shape index (κ1) is 20.8. The number of hydrogen-bond donors (Lipinski definition) is 1. The van der Waals surface area contributed by atoms with Crippen LogP contribution in [0, 0.1) is 29.1 Å². The van der Waals surface area contributed by atoms with Gasteiger partial charge in [-0.05, 0) is 74.7 Å². The van der Waals surface area contributed by atoms with E-state index >= 15 is 0 Å². The molecule has 0 spiro atoms. The summed E-state index contributed by atoms with van der Waals surface area (Å²) in [6.45, 7) is 1.97. The second-order valence-corrected chi connectivity index (χ2v) is 10.6. The minimum absolute atomic E-state index is 0.0446. The number of nitrogens with one attached hydrogen (secondary N) is 1. The van der Waals surface area contributed by atoms with Gasteiger partial charge < -0.3 is 9.80 Å². The standard InChI is InChI=1S/C24H33N3OS/c1-26(16-18-4-6-22(29-2)7-5-18)17-23(28)27(9-3-8-25)24-13-19-10-20(14-24)12-21(11-19)15-24/h4-7,19-21H,3,9-17H2,1-2H3/p+1. The Morgan fingerprint density at radius 3 is 2.28 bits per heavy atom. The number of nitriles is 1. The van der Waals surface area contributed by atoms with Crippen LogP contribution in [-0.2, 0) is 11.3 Å². The summed E-state index contributed by atoms with van der Waals surface area (Å²) >= 11 is 1.75. The lowest BCUT2D eigenvalue weighted by Crippen LogP contribution is -3.09. The Labute approximate surface area is 179 Å². The molecule has 4 nitrogen and oxygen atoms in total. The summed E-state index contributed by atoms with van der Waals surface area (Å²) in [6, 6.07) is 10.9. The Kier molecular flexibility index (Phi) is 6.22. The molecule has 1 aromatic carbocycles. The van der Waals surface area contributed by atoms with Crippen LogP contribution in [0.3, 0.4) is 0 Å². The molecule has 1 aromatic rings. The zero-order chi connectivity index (χ0) is 20.4. The van der Waals surface area contributed by atoms with Crippen LogP contribution >= 0.6 is 11.8 Å². The van der Waals surface area contributed by atoms with Crippen molar-refractivity contribution < 1.29 is 9.69 Å². The summed E-state index contributed by atoms with van der Waals surface area (Å²) in [5.41, 5.74) is 1.31. The van der Waals surface area contributed by atoms with E-state index in [9.17, 15) is 10.1 Å². The average Bonchev–Trinajstić information content (AvgIpc) is 2.67. The molecule has 156 valence electrons. The number of carbonyl (C=O) groups excluding carboxylic acids is 1. The first-order valence-electron chi connectivity index (χ1n) is 11.1. The molecule has 4 bridgehead atoms. The minimum atomic E-state index is 0.0446. The predicted octanol–water partition coefficient (Wildman–Crippen LogP) is 3.13. The van der Waals surface area contributed by atoms with Gasteiger partial charge in [-0.15, -0.1) is 11.8 Å². The number of amides is 1. The van der Waals surface area contributed by atoms with Gasteiger partial charge in [-0.2, -0.15) is 5.26 Å². The van der Waals surface area contributed by atoms with Crippen molar-refractivity contribution in [2.75, 3.05) is 26.4 Å². The lowest BCUT2D eigenvalue weighted by molar-refractivity contribution is -0.885. The van der Waals surface area contributed by atoms with Gasteiger partial charge in [0.05, 0.1) is 19.5 Å². The van der Waals surface area contributed by atoms with Crippen LogP contribution in [0.25, 0.3) is 0 Å². The van der Waals surface area contributed by atoms with E-state index in [4.69, 9.17) is 0 Å². The summed E-state index contributed by atoms with van der Waals surface area (Å²) in [6.07, 6.45) is 10.2. The molecule has 4 aliphatic rings. The number of rotatable bonds is 8. The fourth-order valence-electron chi connectivity index (χ4n) is 6.69. The summed E-state index contributed by atoms with van der Waals surface area (Å²) in [5.74, 6) is 2.66. The van der Waals surface area contributed by atoms with Crippen molar-refractivity contribution >= 4 is 17.7 Å². The smallest absolute Gasteiger partial charge is 0.278 e. The molecular formula is C24H34N3OS+. The van der Waals surface area contributed by atoms with Crippen LogP contribution in [0.2, 0.25) is 0 Å². The molecule has 1 amide bonds. The fraction of sp³-hybridized carbons (Fsp3) is 0.667. The number of hydrogen-bond acceptors (Lipinski definition) is 3. The van der Waals surface area contributed by atoms with E-state index in [0.29, 0.717) is 19.5 Å². The Morgan fingerprint density at radius 2 is 1.76 bits per heavy atom. The maximum absolute atomic E-state index is 13.5. The second kappa shape index (κ2) is 8.70. The third kappa shape index (κ3) is 4.49. The Hall–Kier alpha value is -1.51. The third-order valence-corrected chi connectivity index (χ3v) is 8.19. The molecule has 0 saturated heterocycles. The SMILES string of the molecule is CSc1ccc(C[NH+](C)CC(=O)N(CCC#N)C23CC4CC(CC(C4)C2)C3)cc1. The van der Waals surface area contributed by atoms with Crippen molar-refractivity contribution in [2.45, 2.75) is 61.9 Å². The Balaban J connectivity index is 1.44. The molecule has 5 rings (SSSR count). The average molecular weight is 413 g/mol. The maximum atomic E-state index is 13.5. The first-order chi connectivity index (χ1) is 14.0. The van der Waals surface area contributed by atoms with Crippen molar-refractivity contribution in [2.24, 2.45) is 17.8 Å². The lowest BCUT2D eigenvalue weighted by atomic mass is 9.52. The molecule has 4 saturated carbocycles. The molecule has 1 atom stereocenters. The Morgan fingerprint density at radius 1 is 1.17 bits per heavy atom. The van der Waals surface area contributed by atoms with Crippen molar-refractivity contribution in [3.05, 3.63) is 29.8 Å². The van der Waals surface area contributed by atoms with Gasteiger partial charge in [0, 0.05) is 22.5 Å². The topological polar surface area (TPSA) is 48.5 Å². The van der Waals surface area contributed by atoms with E-state index < -0.39 is 0 Å². The fourth-order valence-corrected chi connectivity index (χ4v) is 7.10. The van der Waals surface area contributed by atoms with E-state index in [1.807, 2.05) is 0 Å². The van der Waals surface area contributed by atoms with E-state index in [2.05, 4.69) is 48.5 Å². The van der Waals surface area contributed by atoms with E-state index in [1.165, 1.54) is 53.9 Å². The molecule has 0 aliphatic heterocycles. The van der Waals surface area contributed by atoms with Crippen LogP contribution in [0.4, 0.5) is 0 Å². The molecule has 0 heterocycles.